The molecule has 1 aromatic carbocycles. The van der Waals surface area contributed by atoms with Gasteiger partial charge >= 0.3 is 6.36 Å². The Morgan fingerprint density at radius 3 is 2.76 bits per heavy atom. The molecule has 0 spiro atoms. The highest BCUT2D eigenvalue weighted by atomic mass is 127. The van der Waals surface area contributed by atoms with Crippen LogP contribution >= 0.6 is 33.9 Å². The summed E-state index contributed by atoms with van der Waals surface area (Å²) in [5.74, 6) is -0.233. The van der Waals surface area contributed by atoms with Crippen molar-refractivity contribution in [1.82, 2.24) is 4.98 Å². The molecule has 1 N–H and O–H groups in total. The van der Waals surface area contributed by atoms with Crippen LogP contribution in [0.4, 0.5) is 18.3 Å². The number of hydrazone groups is 1. The molecular weight excluding hydrogens is 418 g/mol. The minimum Gasteiger partial charge on any atom is -0.405 e. The van der Waals surface area contributed by atoms with Crippen LogP contribution in [0.3, 0.4) is 0 Å². The Hall–Kier alpha value is -1.36. The molecule has 0 bridgehead atoms. The molecule has 0 atom stereocenters. The molecule has 0 aliphatic carbocycles. The number of thiazole rings is 1. The summed E-state index contributed by atoms with van der Waals surface area (Å²) in [6, 6.07) is 4.28. The van der Waals surface area contributed by atoms with E-state index in [2.05, 4.69) is 20.2 Å². The van der Waals surface area contributed by atoms with Gasteiger partial charge in [-0.1, -0.05) is 0 Å². The maximum Gasteiger partial charge on any atom is 0.573 e. The van der Waals surface area contributed by atoms with Crippen LogP contribution in [-0.2, 0) is 0 Å². The normalized spacial score (nSPS) is 11.9. The first-order valence-electron chi connectivity index (χ1n) is 5.60. The predicted molar refractivity (Wildman–Crippen MR) is 83.9 cm³/mol. The predicted octanol–water partition coefficient (Wildman–Crippen LogP) is 4.40. The second-order valence-electron chi connectivity index (χ2n) is 3.90. The lowest BCUT2D eigenvalue weighted by molar-refractivity contribution is -0.274. The summed E-state index contributed by atoms with van der Waals surface area (Å²) in [5, 5.41) is 6.50. The molecule has 0 saturated carbocycles. The first kappa shape index (κ1) is 16.0. The zero-order valence-electron chi connectivity index (χ0n) is 10.6. The van der Waals surface area contributed by atoms with Crippen LogP contribution in [0.25, 0.3) is 0 Å². The quantitative estimate of drug-likeness (QED) is 0.447. The van der Waals surface area contributed by atoms with E-state index < -0.39 is 6.36 Å². The summed E-state index contributed by atoms with van der Waals surface area (Å²) in [6.07, 6.45) is -3.20. The van der Waals surface area contributed by atoms with Gasteiger partial charge in [0.05, 0.1) is 15.5 Å². The molecule has 21 heavy (non-hydrogen) atoms. The van der Waals surface area contributed by atoms with E-state index in [9.17, 15) is 13.2 Å². The number of halogens is 4. The van der Waals surface area contributed by atoms with E-state index in [1.165, 1.54) is 29.7 Å². The van der Waals surface area contributed by atoms with Crippen molar-refractivity contribution in [3.63, 3.8) is 0 Å². The third kappa shape index (κ3) is 5.16. The van der Waals surface area contributed by atoms with Crippen molar-refractivity contribution in [2.75, 3.05) is 5.43 Å². The Kier molecular flexibility index (Phi) is 5.04. The number of anilines is 1. The first-order valence-corrected chi connectivity index (χ1v) is 7.56. The minimum atomic E-state index is -4.69. The van der Waals surface area contributed by atoms with Crippen molar-refractivity contribution in [3.8, 4) is 5.75 Å². The van der Waals surface area contributed by atoms with Crippen LogP contribution in [-0.4, -0.2) is 17.6 Å². The molecule has 1 heterocycles. The average Bonchev–Trinajstić information content (AvgIpc) is 2.77. The lowest BCUT2D eigenvalue weighted by Crippen LogP contribution is -2.17. The zero-order valence-corrected chi connectivity index (χ0v) is 13.6. The van der Waals surface area contributed by atoms with E-state index in [0.29, 0.717) is 14.3 Å². The topological polar surface area (TPSA) is 46.5 Å². The lowest BCUT2D eigenvalue weighted by atomic mass is 10.2. The highest BCUT2D eigenvalue weighted by Crippen LogP contribution is 2.28. The summed E-state index contributed by atoms with van der Waals surface area (Å²) in [5.41, 5.74) is 4.29. The van der Waals surface area contributed by atoms with Crippen molar-refractivity contribution in [2.45, 2.75) is 13.3 Å². The fourth-order valence-electron chi connectivity index (χ4n) is 1.37. The first-order chi connectivity index (χ1) is 9.83. The molecule has 1 aromatic heterocycles. The Labute approximate surface area is 136 Å². The summed E-state index contributed by atoms with van der Waals surface area (Å²) >= 11 is 3.19. The summed E-state index contributed by atoms with van der Waals surface area (Å²) in [6.45, 7) is 1.87. The van der Waals surface area contributed by atoms with Crippen molar-refractivity contribution in [2.24, 2.45) is 5.10 Å². The SMILES string of the molecule is Cc1csc(NN=Cc2ccc(OC(F)(F)F)c(I)c2)n1. The maximum absolute atomic E-state index is 12.1. The molecule has 0 radical (unpaired) electrons. The largest absolute Gasteiger partial charge is 0.573 e. The van der Waals surface area contributed by atoms with Crippen LogP contribution in [0, 0.1) is 10.5 Å². The molecule has 0 unspecified atom stereocenters. The van der Waals surface area contributed by atoms with Crippen LogP contribution in [0.15, 0.2) is 28.7 Å². The van der Waals surface area contributed by atoms with Gasteiger partial charge in [-0.3, -0.25) is 5.43 Å². The van der Waals surface area contributed by atoms with Crippen LogP contribution in [0.5, 0.6) is 5.75 Å². The Balaban J connectivity index is 2.03. The number of aryl methyl sites for hydroxylation is 1. The number of nitrogens with zero attached hydrogens (tertiary/aromatic N) is 2. The number of benzene rings is 1. The fraction of sp³-hybridized carbons (Fsp3) is 0.167. The molecule has 0 aliphatic heterocycles. The summed E-state index contributed by atoms with van der Waals surface area (Å²) in [7, 11) is 0. The van der Waals surface area contributed by atoms with Gasteiger partial charge in [0.2, 0.25) is 5.13 Å². The number of rotatable bonds is 4. The Bertz CT molecular complexity index is 657. The number of nitrogens with one attached hydrogen (secondary N) is 1. The van der Waals surface area contributed by atoms with Gasteiger partial charge in [-0.05, 0) is 53.3 Å². The van der Waals surface area contributed by atoms with Gasteiger partial charge in [0.15, 0.2) is 0 Å². The molecule has 9 heteroatoms. The monoisotopic (exact) mass is 427 g/mol. The molecule has 112 valence electrons. The summed E-state index contributed by atoms with van der Waals surface area (Å²) < 4.78 is 40.7. The molecular formula is C12H9F3IN3OS. The Morgan fingerprint density at radius 1 is 1.43 bits per heavy atom. The van der Waals surface area contributed by atoms with E-state index in [4.69, 9.17) is 0 Å². The van der Waals surface area contributed by atoms with Crippen molar-refractivity contribution in [1.29, 1.82) is 0 Å². The maximum atomic E-state index is 12.1. The number of hydrogen-bond donors (Lipinski definition) is 1. The highest BCUT2D eigenvalue weighted by Gasteiger charge is 2.31. The van der Waals surface area contributed by atoms with Crippen molar-refractivity contribution < 1.29 is 17.9 Å². The Morgan fingerprint density at radius 2 is 2.19 bits per heavy atom. The lowest BCUT2D eigenvalue weighted by Gasteiger charge is -2.10. The molecule has 2 rings (SSSR count). The van der Waals surface area contributed by atoms with E-state index >= 15 is 0 Å². The summed E-state index contributed by atoms with van der Waals surface area (Å²) in [4.78, 5) is 4.16. The van der Waals surface area contributed by atoms with E-state index in [-0.39, 0.29) is 5.75 Å². The van der Waals surface area contributed by atoms with Crippen LogP contribution in [0.1, 0.15) is 11.3 Å². The van der Waals surface area contributed by atoms with Gasteiger partial charge in [0.1, 0.15) is 5.75 Å². The minimum absolute atomic E-state index is 0.233. The van der Waals surface area contributed by atoms with E-state index in [0.717, 1.165) is 5.69 Å². The molecule has 0 amide bonds. The smallest absolute Gasteiger partial charge is 0.405 e. The highest BCUT2D eigenvalue weighted by molar-refractivity contribution is 14.1. The molecule has 0 fully saturated rings. The number of ether oxygens (including phenoxy) is 1. The van der Waals surface area contributed by atoms with E-state index in [1.54, 1.807) is 28.7 Å². The second-order valence-corrected chi connectivity index (χ2v) is 5.92. The van der Waals surface area contributed by atoms with Gasteiger partial charge in [0.25, 0.3) is 0 Å². The van der Waals surface area contributed by atoms with E-state index in [1.807, 2.05) is 12.3 Å². The third-order valence-electron chi connectivity index (χ3n) is 2.17. The van der Waals surface area contributed by atoms with Gasteiger partial charge in [-0.2, -0.15) is 5.10 Å². The fourth-order valence-corrected chi connectivity index (χ4v) is 2.66. The average molecular weight is 427 g/mol. The van der Waals surface area contributed by atoms with Crippen molar-refractivity contribution in [3.05, 3.63) is 38.4 Å². The van der Waals surface area contributed by atoms with Gasteiger partial charge < -0.3 is 4.74 Å². The van der Waals surface area contributed by atoms with Crippen molar-refractivity contribution >= 4 is 45.3 Å². The molecule has 0 saturated heterocycles. The third-order valence-corrected chi connectivity index (χ3v) is 3.88. The van der Waals surface area contributed by atoms with Gasteiger partial charge in [-0.15, -0.1) is 24.5 Å². The number of alkyl halides is 3. The second kappa shape index (κ2) is 6.60. The standard InChI is InChI=1S/C12H9F3IN3OS/c1-7-6-21-11(18-7)19-17-5-8-2-3-10(9(16)4-8)20-12(13,14)15/h2-6H,1H3,(H,18,19). The van der Waals surface area contributed by atoms with Crippen LogP contribution < -0.4 is 10.2 Å². The number of aromatic nitrogens is 1. The number of hydrogen-bond acceptors (Lipinski definition) is 5. The zero-order chi connectivity index (χ0) is 15.5. The van der Waals surface area contributed by atoms with Crippen LogP contribution in [0.2, 0.25) is 0 Å². The molecule has 2 aromatic rings. The van der Waals surface area contributed by atoms with Gasteiger partial charge in [-0.25, -0.2) is 4.98 Å². The molecule has 0 aliphatic rings. The molecule has 4 nitrogen and oxygen atoms in total. The van der Waals surface area contributed by atoms with Gasteiger partial charge in [0, 0.05) is 5.38 Å².